The summed E-state index contributed by atoms with van der Waals surface area (Å²) in [4.78, 5) is 25.1. The summed E-state index contributed by atoms with van der Waals surface area (Å²) in [5.74, 6) is 0.307. The largest absolute Gasteiger partial charge is 0.482 e. The van der Waals surface area contributed by atoms with Crippen LogP contribution in [-0.4, -0.2) is 31.6 Å². The fraction of sp³-hybridized carbons (Fsp3) is 0.364. The second-order valence-electron chi connectivity index (χ2n) is 7.61. The second-order valence-corrected chi connectivity index (χ2v) is 8.45. The normalized spacial score (nSPS) is 18.6. The highest BCUT2D eigenvalue weighted by Crippen LogP contribution is 2.40. The molecule has 1 fully saturated rings. The summed E-state index contributed by atoms with van der Waals surface area (Å²) < 4.78 is 10.9. The molecule has 2 N–H and O–H groups in total. The summed E-state index contributed by atoms with van der Waals surface area (Å²) in [5, 5.41) is 6.92. The van der Waals surface area contributed by atoms with Crippen LogP contribution in [0.25, 0.3) is 0 Å². The molecule has 30 heavy (non-hydrogen) atoms. The number of halogens is 2. The summed E-state index contributed by atoms with van der Waals surface area (Å²) in [7, 11) is 0. The summed E-state index contributed by atoms with van der Waals surface area (Å²) in [6.07, 6.45) is 1.06. The molecule has 158 valence electrons. The number of fused-ring (bicyclic) bond motifs is 1. The Bertz CT molecular complexity index is 989. The van der Waals surface area contributed by atoms with Crippen molar-refractivity contribution >= 4 is 40.7 Å². The van der Waals surface area contributed by atoms with Crippen molar-refractivity contribution in [2.24, 2.45) is 0 Å². The molecule has 0 saturated carbocycles. The third kappa shape index (κ3) is 4.00. The number of hydrogen-bond donors (Lipinski definition) is 2. The van der Waals surface area contributed by atoms with Gasteiger partial charge in [0.15, 0.2) is 6.61 Å². The van der Waals surface area contributed by atoms with Crippen LogP contribution in [0.2, 0.25) is 10.0 Å². The molecule has 2 aromatic rings. The number of amides is 2. The van der Waals surface area contributed by atoms with Crippen LogP contribution in [0.1, 0.15) is 36.9 Å². The van der Waals surface area contributed by atoms with Gasteiger partial charge in [0.2, 0.25) is 5.91 Å². The Hall–Kier alpha value is -2.28. The van der Waals surface area contributed by atoms with Crippen LogP contribution in [0.4, 0.5) is 5.69 Å². The molecule has 6 nitrogen and oxygen atoms in total. The van der Waals surface area contributed by atoms with Crippen molar-refractivity contribution in [1.29, 1.82) is 0 Å². The Kier molecular flexibility index (Phi) is 5.91. The standard InChI is InChI=1S/C22H22Cl2N2O4/c1-13(14-2-5-19-18(10-14)26-20(27)12-30-19)25-21(28)22(6-8-29-9-7-22)16-4-3-15(23)11-17(16)24/h2-5,10-11,13H,6-9,12H2,1H3,(H,25,28)(H,26,27). The summed E-state index contributed by atoms with van der Waals surface area (Å²) in [5.41, 5.74) is 1.43. The topological polar surface area (TPSA) is 76.7 Å². The number of benzene rings is 2. The molecule has 2 heterocycles. The molecule has 0 bridgehead atoms. The van der Waals surface area contributed by atoms with Crippen molar-refractivity contribution in [3.63, 3.8) is 0 Å². The molecule has 1 saturated heterocycles. The molecule has 2 aromatic carbocycles. The summed E-state index contributed by atoms with van der Waals surface area (Å²) in [6.45, 7) is 2.86. The van der Waals surface area contributed by atoms with Gasteiger partial charge >= 0.3 is 0 Å². The molecular weight excluding hydrogens is 427 g/mol. The molecule has 4 rings (SSSR count). The van der Waals surface area contributed by atoms with Gasteiger partial charge in [0.05, 0.1) is 17.1 Å². The van der Waals surface area contributed by atoms with Gasteiger partial charge in [0.1, 0.15) is 5.75 Å². The predicted molar refractivity (Wildman–Crippen MR) is 115 cm³/mol. The number of nitrogens with one attached hydrogen (secondary N) is 2. The highest BCUT2D eigenvalue weighted by Gasteiger charge is 2.43. The van der Waals surface area contributed by atoms with E-state index < -0.39 is 5.41 Å². The van der Waals surface area contributed by atoms with E-state index in [4.69, 9.17) is 32.7 Å². The summed E-state index contributed by atoms with van der Waals surface area (Å²) >= 11 is 12.5. The van der Waals surface area contributed by atoms with Crippen molar-refractivity contribution in [2.75, 3.05) is 25.1 Å². The van der Waals surface area contributed by atoms with Gasteiger partial charge in [-0.2, -0.15) is 0 Å². The number of hydrogen-bond acceptors (Lipinski definition) is 4. The Morgan fingerprint density at radius 3 is 2.67 bits per heavy atom. The first kappa shape index (κ1) is 21.0. The number of rotatable bonds is 4. The van der Waals surface area contributed by atoms with Crippen molar-refractivity contribution in [3.05, 3.63) is 57.6 Å². The molecule has 0 spiro atoms. The fourth-order valence-electron chi connectivity index (χ4n) is 4.00. The average Bonchev–Trinajstić information content (AvgIpc) is 2.73. The van der Waals surface area contributed by atoms with Crippen molar-refractivity contribution < 1.29 is 19.1 Å². The van der Waals surface area contributed by atoms with E-state index in [2.05, 4.69) is 10.6 Å². The molecule has 2 amide bonds. The number of carbonyl (C=O) groups excluding carboxylic acids is 2. The van der Waals surface area contributed by atoms with Gasteiger partial charge in [-0.05, 0) is 55.2 Å². The maximum absolute atomic E-state index is 13.5. The lowest BCUT2D eigenvalue weighted by Crippen LogP contribution is -2.48. The third-order valence-electron chi connectivity index (χ3n) is 5.71. The lowest BCUT2D eigenvalue weighted by atomic mass is 9.73. The van der Waals surface area contributed by atoms with Crippen LogP contribution in [0, 0.1) is 0 Å². The molecule has 1 atom stereocenters. The smallest absolute Gasteiger partial charge is 0.262 e. The zero-order chi connectivity index (χ0) is 21.3. The molecular formula is C22H22Cl2N2O4. The maximum atomic E-state index is 13.5. The minimum Gasteiger partial charge on any atom is -0.482 e. The Morgan fingerprint density at radius 1 is 1.17 bits per heavy atom. The van der Waals surface area contributed by atoms with Crippen molar-refractivity contribution in [3.8, 4) is 5.75 Å². The SMILES string of the molecule is CC(NC(=O)C1(c2ccc(Cl)cc2Cl)CCOCC1)c1ccc2c(c1)NC(=O)CO2. The minimum atomic E-state index is -0.792. The van der Waals surface area contributed by atoms with Gasteiger partial charge < -0.3 is 20.1 Å². The Balaban J connectivity index is 1.60. The van der Waals surface area contributed by atoms with Gasteiger partial charge in [0, 0.05) is 23.3 Å². The van der Waals surface area contributed by atoms with E-state index in [1.807, 2.05) is 25.1 Å². The lowest BCUT2D eigenvalue weighted by Gasteiger charge is -2.37. The van der Waals surface area contributed by atoms with Crippen LogP contribution in [-0.2, 0) is 19.7 Å². The predicted octanol–water partition coefficient (Wildman–Crippen LogP) is 4.25. The zero-order valence-corrected chi connectivity index (χ0v) is 18.0. The molecule has 2 aliphatic heterocycles. The average molecular weight is 449 g/mol. The molecule has 0 aliphatic carbocycles. The van der Waals surface area contributed by atoms with Crippen LogP contribution in [0.5, 0.6) is 5.75 Å². The first-order valence-corrected chi connectivity index (χ1v) is 10.6. The van der Waals surface area contributed by atoms with E-state index in [-0.39, 0.29) is 24.5 Å². The van der Waals surface area contributed by atoms with E-state index >= 15 is 0 Å². The Labute approximate surface area is 184 Å². The monoisotopic (exact) mass is 448 g/mol. The van der Waals surface area contributed by atoms with Crippen LogP contribution >= 0.6 is 23.2 Å². The maximum Gasteiger partial charge on any atom is 0.262 e. The van der Waals surface area contributed by atoms with Gasteiger partial charge in [-0.25, -0.2) is 0 Å². The highest BCUT2D eigenvalue weighted by molar-refractivity contribution is 6.35. The van der Waals surface area contributed by atoms with E-state index in [9.17, 15) is 9.59 Å². The number of anilines is 1. The summed E-state index contributed by atoms with van der Waals surface area (Å²) in [6, 6.07) is 10.5. The van der Waals surface area contributed by atoms with Gasteiger partial charge in [-0.15, -0.1) is 0 Å². The van der Waals surface area contributed by atoms with Gasteiger partial charge in [-0.1, -0.05) is 35.3 Å². The van der Waals surface area contributed by atoms with E-state index in [1.54, 1.807) is 18.2 Å². The third-order valence-corrected chi connectivity index (χ3v) is 6.26. The highest BCUT2D eigenvalue weighted by atomic mass is 35.5. The van der Waals surface area contributed by atoms with Crippen molar-refractivity contribution in [2.45, 2.75) is 31.2 Å². The van der Waals surface area contributed by atoms with Gasteiger partial charge in [0.25, 0.3) is 5.91 Å². The number of carbonyl (C=O) groups is 2. The van der Waals surface area contributed by atoms with E-state index in [0.29, 0.717) is 47.5 Å². The second kappa shape index (κ2) is 8.46. The molecule has 0 aromatic heterocycles. The van der Waals surface area contributed by atoms with E-state index in [1.165, 1.54) is 0 Å². The first-order chi connectivity index (χ1) is 14.4. The molecule has 8 heteroatoms. The van der Waals surface area contributed by atoms with Crippen LogP contribution in [0.15, 0.2) is 36.4 Å². The van der Waals surface area contributed by atoms with E-state index in [0.717, 1.165) is 11.1 Å². The molecule has 1 unspecified atom stereocenters. The van der Waals surface area contributed by atoms with Crippen LogP contribution in [0.3, 0.4) is 0 Å². The van der Waals surface area contributed by atoms with Crippen molar-refractivity contribution in [1.82, 2.24) is 5.32 Å². The quantitative estimate of drug-likeness (QED) is 0.732. The zero-order valence-electron chi connectivity index (χ0n) is 16.5. The first-order valence-electron chi connectivity index (χ1n) is 9.80. The van der Waals surface area contributed by atoms with Gasteiger partial charge in [-0.3, -0.25) is 9.59 Å². The number of ether oxygens (including phenoxy) is 2. The Morgan fingerprint density at radius 2 is 1.93 bits per heavy atom. The van der Waals surface area contributed by atoms with Crippen LogP contribution < -0.4 is 15.4 Å². The lowest BCUT2D eigenvalue weighted by molar-refractivity contribution is -0.131. The minimum absolute atomic E-state index is 0.00504. The molecule has 2 aliphatic rings. The fourth-order valence-corrected chi connectivity index (χ4v) is 4.59. The molecule has 0 radical (unpaired) electrons.